The van der Waals surface area contributed by atoms with Crippen molar-refractivity contribution in [2.75, 3.05) is 18.0 Å². The third kappa shape index (κ3) is 2.40. The van der Waals surface area contributed by atoms with Crippen LogP contribution in [0.5, 0.6) is 5.75 Å². The average molecular weight is 302 g/mol. The zero-order valence-electron chi connectivity index (χ0n) is 11.0. The Balaban J connectivity index is 1.81. The van der Waals surface area contributed by atoms with E-state index in [2.05, 4.69) is 9.83 Å². The number of pyridine rings is 1. The summed E-state index contributed by atoms with van der Waals surface area (Å²) in [6.45, 7) is 7.68. The van der Waals surface area contributed by atoms with E-state index in [0.717, 1.165) is 0 Å². The molecule has 0 aliphatic carbocycles. The van der Waals surface area contributed by atoms with E-state index in [-0.39, 0.29) is 5.75 Å². The molecule has 21 heavy (non-hydrogen) atoms. The van der Waals surface area contributed by atoms with Crippen molar-refractivity contribution < 1.29 is 10.2 Å². The zero-order valence-corrected chi connectivity index (χ0v) is 11.7. The molecule has 0 atom stereocenters. The van der Waals surface area contributed by atoms with E-state index >= 15 is 0 Å². The van der Waals surface area contributed by atoms with E-state index in [1.807, 2.05) is 4.90 Å². The number of benzene rings is 1. The molecule has 6 heteroatoms. The summed E-state index contributed by atoms with van der Waals surface area (Å²) in [4.78, 5) is 9.44. The molecule has 1 saturated heterocycles. The molecule has 0 unspecified atom stereocenters. The van der Waals surface area contributed by atoms with Crippen LogP contribution in [0, 0.1) is 6.57 Å². The Morgan fingerprint density at radius 2 is 2.05 bits per heavy atom. The molecule has 1 fully saturated rings. The molecule has 0 spiro atoms. The number of phenols is 1. The Morgan fingerprint density at radius 3 is 2.71 bits per heavy atom. The van der Waals surface area contributed by atoms with Crippen LogP contribution in [0.1, 0.15) is 5.56 Å². The number of hydrogen-bond acceptors (Lipinski definition) is 4. The summed E-state index contributed by atoms with van der Waals surface area (Å²) in [6.07, 6.45) is 1.58. The van der Waals surface area contributed by atoms with Crippen LogP contribution in [-0.2, 0) is 5.60 Å². The van der Waals surface area contributed by atoms with Gasteiger partial charge in [-0.1, -0.05) is 17.7 Å². The number of β-amino-alcohol motifs (C(OH)–C–C–N with tert-alkyl or cyclic N) is 1. The number of nitrogens with zero attached hydrogens (tertiary/aromatic N) is 3. The standard InChI is InChI=1S/C15H12ClN3O2/c1-17-10-4-5-18-14(6-10)19-8-15(21,9-19)12-3-2-11(20)7-13(12)16/h2-7,20-21H,8-9H2. The molecule has 1 aliphatic heterocycles. The number of aromatic hydroxyl groups is 1. The lowest BCUT2D eigenvalue weighted by molar-refractivity contribution is 0.00714. The minimum atomic E-state index is -1.07. The van der Waals surface area contributed by atoms with E-state index in [4.69, 9.17) is 18.2 Å². The highest BCUT2D eigenvalue weighted by Gasteiger charge is 2.44. The van der Waals surface area contributed by atoms with Gasteiger partial charge in [-0.3, -0.25) is 0 Å². The maximum atomic E-state index is 10.6. The predicted molar refractivity (Wildman–Crippen MR) is 79.7 cm³/mol. The second-order valence-electron chi connectivity index (χ2n) is 5.04. The molecule has 2 N–H and O–H groups in total. The second kappa shape index (κ2) is 4.92. The summed E-state index contributed by atoms with van der Waals surface area (Å²) in [5, 5.41) is 20.3. The predicted octanol–water partition coefficient (Wildman–Crippen LogP) is 2.70. The molecule has 5 nitrogen and oxygen atoms in total. The Kier molecular flexibility index (Phi) is 3.20. The second-order valence-corrected chi connectivity index (χ2v) is 5.44. The van der Waals surface area contributed by atoms with E-state index in [9.17, 15) is 10.2 Å². The molecule has 1 aliphatic rings. The molecule has 3 rings (SSSR count). The highest BCUT2D eigenvalue weighted by atomic mass is 35.5. The lowest BCUT2D eigenvalue weighted by Gasteiger charge is -2.47. The molecule has 0 amide bonds. The number of rotatable bonds is 2. The van der Waals surface area contributed by atoms with Crippen molar-refractivity contribution in [2.45, 2.75) is 5.60 Å². The first-order chi connectivity index (χ1) is 10.0. The van der Waals surface area contributed by atoms with Crippen LogP contribution < -0.4 is 4.90 Å². The lowest BCUT2D eigenvalue weighted by atomic mass is 9.86. The summed E-state index contributed by atoms with van der Waals surface area (Å²) < 4.78 is 0. The number of phenolic OH excluding ortho intramolecular Hbond substituents is 1. The highest BCUT2D eigenvalue weighted by Crippen LogP contribution is 2.39. The van der Waals surface area contributed by atoms with E-state index in [1.54, 1.807) is 24.4 Å². The zero-order chi connectivity index (χ0) is 15.0. The molecule has 0 bridgehead atoms. The Morgan fingerprint density at radius 1 is 1.29 bits per heavy atom. The Hall–Kier alpha value is -2.29. The van der Waals surface area contributed by atoms with Crippen LogP contribution in [0.2, 0.25) is 5.02 Å². The van der Waals surface area contributed by atoms with Gasteiger partial charge < -0.3 is 15.1 Å². The van der Waals surface area contributed by atoms with Crippen LogP contribution >= 0.6 is 11.6 Å². The van der Waals surface area contributed by atoms with E-state index in [1.165, 1.54) is 12.1 Å². The van der Waals surface area contributed by atoms with Gasteiger partial charge in [0.1, 0.15) is 17.2 Å². The SMILES string of the molecule is [C-]#[N+]c1ccnc(N2CC(O)(c3ccc(O)cc3Cl)C2)c1. The van der Waals surface area contributed by atoms with Crippen molar-refractivity contribution >= 4 is 23.1 Å². The van der Waals surface area contributed by atoms with Crippen LogP contribution in [0.3, 0.4) is 0 Å². The number of aromatic nitrogens is 1. The first-order valence-corrected chi connectivity index (χ1v) is 6.69. The largest absolute Gasteiger partial charge is 0.508 e. The average Bonchev–Trinajstić information content (AvgIpc) is 2.44. The molecule has 2 heterocycles. The highest BCUT2D eigenvalue weighted by molar-refractivity contribution is 6.31. The van der Waals surface area contributed by atoms with Crippen molar-refractivity contribution in [3.05, 3.63) is 58.5 Å². The maximum absolute atomic E-state index is 10.6. The molecular weight excluding hydrogens is 290 g/mol. The number of hydrogen-bond donors (Lipinski definition) is 2. The van der Waals surface area contributed by atoms with Crippen molar-refractivity contribution in [2.24, 2.45) is 0 Å². The summed E-state index contributed by atoms with van der Waals surface area (Å²) in [5.74, 6) is 0.720. The van der Waals surface area contributed by atoms with Crippen molar-refractivity contribution in [1.82, 2.24) is 4.98 Å². The molecule has 2 aromatic rings. The normalized spacial score (nSPS) is 16.1. The summed E-state index contributed by atoms with van der Waals surface area (Å²) in [7, 11) is 0. The van der Waals surface area contributed by atoms with E-state index < -0.39 is 5.60 Å². The van der Waals surface area contributed by atoms with Gasteiger partial charge in [0.2, 0.25) is 0 Å². The first kappa shape index (κ1) is 13.7. The van der Waals surface area contributed by atoms with Gasteiger partial charge in [0.15, 0.2) is 5.69 Å². The quantitative estimate of drug-likeness (QED) is 0.837. The smallest absolute Gasteiger partial charge is 0.192 e. The molecular formula is C15H12ClN3O2. The maximum Gasteiger partial charge on any atom is 0.192 e. The van der Waals surface area contributed by atoms with Gasteiger partial charge in [0.05, 0.1) is 24.7 Å². The minimum Gasteiger partial charge on any atom is -0.508 e. The topological polar surface area (TPSA) is 61.0 Å². The number of anilines is 1. The van der Waals surface area contributed by atoms with Gasteiger partial charge in [-0.15, -0.1) is 0 Å². The van der Waals surface area contributed by atoms with E-state index in [0.29, 0.717) is 35.2 Å². The third-order valence-corrected chi connectivity index (χ3v) is 3.85. The van der Waals surface area contributed by atoms with Crippen LogP contribution in [0.15, 0.2) is 36.5 Å². The molecule has 1 aromatic carbocycles. The Bertz CT molecular complexity index is 736. The lowest BCUT2D eigenvalue weighted by Crippen LogP contribution is -2.60. The van der Waals surface area contributed by atoms with Crippen molar-refractivity contribution in [3.63, 3.8) is 0 Å². The molecule has 1 aromatic heterocycles. The van der Waals surface area contributed by atoms with Gasteiger partial charge in [-0.05, 0) is 24.3 Å². The Labute approximate surface area is 126 Å². The fourth-order valence-corrected chi connectivity index (χ4v) is 2.80. The minimum absolute atomic E-state index is 0.0648. The molecule has 106 valence electrons. The first-order valence-electron chi connectivity index (χ1n) is 6.32. The summed E-state index contributed by atoms with van der Waals surface area (Å²) in [6, 6.07) is 7.86. The summed E-state index contributed by atoms with van der Waals surface area (Å²) in [5.41, 5.74) is 0.0262. The monoisotopic (exact) mass is 301 g/mol. The van der Waals surface area contributed by atoms with Gasteiger partial charge in [-0.2, -0.15) is 0 Å². The molecule has 0 saturated carbocycles. The molecule has 0 radical (unpaired) electrons. The van der Waals surface area contributed by atoms with Gasteiger partial charge >= 0.3 is 0 Å². The number of halogens is 1. The van der Waals surface area contributed by atoms with Crippen molar-refractivity contribution in [3.8, 4) is 5.75 Å². The van der Waals surface area contributed by atoms with Crippen molar-refractivity contribution in [1.29, 1.82) is 0 Å². The van der Waals surface area contributed by atoms with Crippen LogP contribution in [-0.4, -0.2) is 28.3 Å². The van der Waals surface area contributed by atoms with Crippen LogP contribution in [0.25, 0.3) is 4.85 Å². The third-order valence-electron chi connectivity index (χ3n) is 3.54. The number of aliphatic hydroxyl groups is 1. The van der Waals surface area contributed by atoms with Gasteiger partial charge in [-0.25, -0.2) is 9.83 Å². The summed E-state index contributed by atoms with van der Waals surface area (Å²) >= 11 is 6.07. The van der Waals surface area contributed by atoms with Gasteiger partial charge in [0.25, 0.3) is 0 Å². The fraction of sp³-hybridized carbons (Fsp3) is 0.200. The van der Waals surface area contributed by atoms with Gasteiger partial charge in [0, 0.05) is 11.8 Å². The fourth-order valence-electron chi connectivity index (χ4n) is 2.45. The van der Waals surface area contributed by atoms with Crippen LogP contribution in [0.4, 0.5) is 11.5 Å².